The van der Waals surface area contributed by atoms with Gasteiger partial charge < -0.3 is 4.90 Å². The molecular formula is C48H33N. The minimum absolute atomic E-state index is 1.12. The fourth-order valence-corrected chi connectivity index (χ4v) is 7.20. The maximum absolute atomic E-state index is 2.38. The standard InChI is InChI=1S/C48H33N/c1-3-11-34(12-4-1)35-19-21-36(22-20-35)37-23-28-41(29-24-37)49(40-14-5-2-6-15-40)42-30-25-39(26-31-42)47-33-48-43-16-8-7-13-38(43)27-32-46(48)44-17-9-10-18-45(44)47/h1-33H. The zero-order valence-corrected chi connectivity index (χ0v) is 27.0. The quantitative estimate of drug-likeness (QED) is 0.167. The van der Waals surface area contributed by atoms with Gasteiger partial charge in [-0.05, 0) is 108 Å². The zero-order valence-electron chi connectivity index (χ0n) is 27.0. The monoisotopic (exact) mass is 623 g/mol. The molecule has 1 nitrogen and oxygen atoms in total. The van der Waals surface area contributed by atoms with E-state index in [0.717, 1.165) is 17.1 Å². The fourth-order valence-electron chi connectivity index (χ4n) is 7.20. The second-order valence-corrected chi connectivity index (χ2v) is 12.6. The minimum Gasteiger partial charge on any atom is -0.311 e. The summed E-state index contributed by atoms with van der Waals surface area (Å²) in [4.78, 5) is 2.33. The lowest BCUT2D eigenvalue weighted by Gasteiger charge is -2.26. The molecule has 0 heterocycles. The SMILES string of the molecule is c1ccc(-c2ccc(-c3ccc(N(c4ccccc4)c4ccc(-c5cc6c7ccccc7ccc6c6ccccc56)cc4)cc3)cc2)cc1. The Kier molecular flexibility index (Phi) is 7.22. The Morgan fingerprint density at radius 3 is 1.31 bits per heavy atom. The molecule has 0 bridgehead atoms. The first-order valence-electron chi connectivity index (χ1n) is 16.8. The van der Waals surface area contributed by atoms with E-state index in [1.165, 1.54) is 65.7 Å². The van der Waals surface area contributed by atoms with E-state index in [-0.39, 0.29) is 0 Å². The van der Waals surface area contributed by atoms with E-state index in [2.05, 4.69) is 205 Å². The molecule has 0 N–H and O–H groups in total. The van der Waals surface area contributed by atoms with Crippen LogP contribution in [0.5, 0.6) is 0 Å². The van der Waals surface area contributed by atoms with Gasteiger partial charge in [0.05, 0.1) is 0 Å². The molecule has 0 amide bonds. The molecule has 49 heavy (non-hydrogen) atoms. The van der Waals surface area contributed by atoms with Gasteiger partial charge in [-0.15, -0.1) is 0 Å². The number of nitrogens with zero attached hydrogens (tertiary/aromatic N) is 1. The molecule has 0 saturated carbocycles. The van der Waals surface area contributed by atoms with Crippen molar-refractivity contribution in [3.63, 3.8) is 0 Å². The van der Waals surface area contributed by atoms with Crippen molar-refractivity contribution in [2.45, 2.75) is 0 Å². The van der Waals surface area contributed by atoms with E-state index in [0.29, 0.717) is 0 Å². The van der Waals surface area contributed by atoms with E-state index in [9.17, 15) is 0 Å². The summed E-state index contributed by atoms with van der Waals surface area (Å²) in [5, 5.41) is 7.68. The largest absolute Gasteiger partial charge is 0.311 e. The van der Waals surface area contributed by atoms with E-state index in [1.807, 2.05) is 0 Å². The number of hydrogen-bond donors (Lipinski definition) is 0. The van der Waals surface area contributed by atoms with Crippen molar-refractivity contribution in [3.8, 4) is 33.4 Å². The summed E-state index contributed by atoms with van der Waals surface area (Å²) in [5.74, 6) is 0. The van der Waals surface area contributed by atoms with Crippen LogP contribution in [-0.4, -0.2) is 0 Å². The minimum atomic E-state index is 1.12. The molecule has 0 aliphatic heterocycles. The van der Waals surface area contributed by atoms with E-state index < -0.39 is 0 Å². The first kappa shape index (κ1) is 28.8. The highest BCUT2D eigenvalue weighted by atomic mass is 15.1. The highest BCUT2D eigenvalue weighted by molar-refractivity contribution is 6.21. The van der Waals surface area contributed by atoms with Crippen molar-refractivity contribution in [3.05, 3.63) is 200 Å². The number of anilines is 3. The van der Waals surface area contributed by atoms with Crippen LogP contribution in [0.1, 0.15) is 0 Å². The average Bonchev–Trinajstić information content (AvgIpc) is 3.19. The van der Waals surface area contributed by atoms with E-state index in [1.54, 1.807) is 0 Å². The Bertz CT molecular complexity index is 2550. The molecule has 0 saturated heterocycles. The molecule has 0 aliphatic carbocycles. The van der Waals surface area contributed by atoms with Crippen LogP contribution < -0.4 is 4.90 Å². The van der Waals surface area contributed by atoms with Crippen molar-refractivity contribution < 1.29 is 0 Å². The summed E-state index contributed by atoms with van der Waals surface area (Å²) >= 11 is 0. The Balaban J connectivity index is 1.09. The average molecular weight is 624 g/mol. The maximum atomic E-state index is 2.38. The van der Waals surface area contributed by atoms with Crippen molar-refractivity contribution in [2.24, 2.45) is 0 Å². The zero-order chi connectivity index (χ0) is 32.6. The summed E-state index contributed by atoms with van der Waals surface area (Å²) < 4.78 is 0. The number of benzene rings is 9. The molecule has 0 unspecified atom stereocenters. The highest BCUT2D eigenvalue weighted by Gasteiger charge is 2.15. The van der Waals surface area contributed by atoms with Gasteiger partial charge in [-0.3, -0.25) is 0 Å². The molecular weight excluding hydrogens is 591 g/mol. The van der Waals surface area contributed by atoms with Crippen LogP contribution >= 0.6 is 0 Å². The molecule has 0 fully saturated rings. The normalized spacial score (nSPS) is 11.3. The second kappa shape index (κ2) is 12.3. The first-order valence-corrected chi connectivity index (χ1v) is 16.8. The van der Waals surface area contributed by atoms with Crippen LogP contribution in [-0.2, 0) is 0 Å². The molecule has 0 aromatic heterocycles. The summed E-state index contributed by atoms with van der Waals surface area (Å²) in [6, 6.07) is 72.3. The van der Waals surface area contributed by atoms with Crippen LogP contribution in [0, 0.1) is 0 Å². The van der Waals surface area contributed by atoms with E-state index >= 15 is 0 Å². The third-order valence-corrected chi connectivity index (χ3v) is 9.67. The summed E-state index contributed by atoms with van der Waals surface area (Å²) in [6.45, 7) is 0. The van der Waals surface area contributed by atoms with E-state index in [4.69, 9.17) is 0 Å². The molecule has 9 aromatic carbocycles. The van der Waals surface area contributed by atoms with Gasteiger partial charge in [0, 0.05) is 17.1 Å². The van der Waals surface area contributed by atoms with Gasteiger partial charge in [0.2, 0.25) is 0 Å². The topological polar surface area (TPSA) is 3.24 Å². The van der Waals surface area contributed by atoms with Crippen LogP contribution in [0.3, 0.4) is 0 Å². The van der Waals surface area contributed by atoms with Crippen molar-refractivity contribution in [2.75, 3.05) is 4.90 Å². The third-order valence-electron chi connectivity index (χ3n) is 9.67. The molecule has 1 heteroatoms. The van der Waals surface area contributed by atoms with Gasteiger partial charge in [-0.25, -0.2) is 0 Å². The fraction of sp³-hybridized carbons (Fsp3) is 0. The predicted molar refractivity (Wildman–Crippen MR) is 210 cm³/mol. The molecule has 0 atom stereocenters. The number of fused-ring (bicyclic) bond motifs is 5. The highest BCUT2D eigenvalue weighted by Crippen LogP contribution is 2.40. The van der Waals surface area contributed by atoms with Gasteiger partial charge in [0.1, 0.15) is 0 Å². The molecule has 9 aromatic rings. The Morgan fingerprint density at radius 1 is 0.245 bits per heavy atom. The van der Waals surface area contributed by atoms with Gasteiger partial charge >= 0.3 is 0 Å². The Morgan fingerprint density at radius 2 is 0.673 bits per heavy atom. The van der Waals surface area contributed by atoms with Crippen LogP contribution in [0.4, 0.5) is 17.1 Å². The van der Waals surface area contributed by atoms with Crippen LogP contribution in [0.25, 0.3) is 65.7 Å². The number of hydrogen-bond acceptors (Lipinski definition) is 1. The lowest BCUT2D eigenvalue weighted by atomic mass is 9.91. The Hall–Kier alpha value is -6.44. The summed E-state index contributed by atoms with van der Waals surface area (Å²) in [6.07, 6.45) is 0. The molecule has 0 radical (unpaired) electrons. The van der Waals surface area contributed by atoms with Gasteiger partial charge in [0.15, 0.2) is 0 Å². The van der Waals surface area contributed by atoms with Crippen molar-refractivity contribution in [1.29, 1.82) is 0 Å². The smallest absolute Gasteiger partial charge is 0.0462 e. The molecule has 230 valence electrons. The lowest BCUT2D eigenvalue weighted by Crippen LogP contribution is -2.09. The van der Waals surface area contributed by atoms with Gasteiger partial charge in [-0.1, -0.05) is 158 Å². The summed E-state index contributed by atoms with van der Waals surface area (Å²) in [5.41, 5.74) is 10.7. The van der Waals surface area contributed by atoms with Crippen LogP contribution in [0.2, 0.25) is 0 Å². The molecule has 0 spiro atoms. The number of para-hydroxylation sites is 1. The van der Waals surface area contributed by atoms with Crippen molar-refractivity contribution >= 4 is 49.4 Å². The molecule has 0 aliphatic rings. The summed E-state index contributed by atoms with van der Waals surface area (Å²) in [7, 11) is 0. The second-order valence-electron chi connectivity index (χ2n) is 12.6. The maximum Gasteiger partial charge on any atom is 0.0462 e. The first-order chi connectivity index (χ1) is 24.3. The number of rotatable bonds is 6. The van der Waals surface area contributed by atoms with Gasteiger partial charge in [-0.2, -0.15) is 0 Å². The van der Waals surface area contributed by atoms with Crippen molar-refractivity contribution in [1.82, 2.24) is 0 Å². The third kappa shape index (κ3) is 5.32. The van der Waals surface area contributed by atoms with Crippen LogP contribution in [0.15, 0.2) is 200 Å². The lowest BCUT2D eigenvalue weighted by molar-refractivity contribution is 1.28. The van der Waals surface area contributed by atoms with Gasteiger partial charge in [0.25, 0.3) is 0 Å². The predicted octanol–water partition coefficient (Wildman–Crippen LogP) is 13.6. The molecule has 9 rings (SSSR count). The Labute approximate surface area is 287 Å².